The average Bonchev–Trinajstić information content (AvgIpc) is 2.74. The Morgan fingerprint density at radius 1 is 1.37 bits per heavy atom. The van der Waals surface area contributed by atoms with Crippen LogP contribution in [0, 0.1) is 11.8 Å². The summed E-state index contributed by atoms with van der Waals surface area (Å²) in [5.41, 5.74) is 7.87. The maximum atomic E-state index is 5.90. The standard InChI is InChI=1S/C15H24N4/c1-4-19-14(9-12(10-16)8-11(2)3)18-13-6-5-7-17-15(13)19/h5-7,11-12H,4,8-10,16H2,1-3H3. The molecule has 2 aromatic heterocycles. The molecule has 0 amide bonds. The fraction of sp³-hybridized carbons (Fsp3) is 0.600. The van der Waals surface area contributed by atoms with E-state index in [1.54, 1.807) is 0 Å². The number of hydrogen-bond donors (Lipinski definition) is 1. The van der Waals surface area contributed by atoms with Gasteiger partial charge in [0, 0.05) is 19.2 Å². The summed E-state index contributed by atoms with van der Waals surface area (Å²) in [7, 11) is 0. The number of aryl methyl sites for hydroxylation is 1. The van der Waals surface area contributed by atoms with E-state index in [2.05, 4.69) is 30.3 Å². The van der Waals surface area contributed by atoms with E-state index in [1.165, 1.54) is 0 Å². The van der Waals surface area contributed by atoms with Crippen molar-refractivity contribution in [2.75, 3.05) is 6.54 Å². The molecule has 2 aromatic rings. The molecule has 1 unspecified atom stereocenters. The molecule has 2 rings (SSSR count). The van der Waals surface area contributed by atoms with E-state index in [0.717, 1.165) is 42.9 Å². The van der Waals surface area contributed by atoms with E-state index in [0.29, 0.717) is 11.8 Å². The van der Waals surface area contributed by atoms with Gasteiger partial charge < -0.3 is 10.3 Å². The third-order valence-electron chi connectivity index (χ3n) is 3.51. The molecule has 0 aliphatic carbocycles. The molecule has 19 heavy (non-hydrogen) atoms. The smallest absolute Gasteiger partial charge is 0.159 e. The molecule has 0 aliphatic rings. The van der Waals surface area contributed by atoms with Gasteiger partial charge >= 0.3 is 0 Å². The first kappa shape index (κ1) is 14.0. The maximum absolute atomic E-state index is 5.90. The van der Waals surface area contributed by atoms with Crippen LogP contribution in [0.1, 0.15) is 33.0 Å². The van der Waals surface area contributed by atoms with Crippen LogP contribution < -0.4 is 5.73 Å². The van der Waals surface area contributed by atoms with Crippen molar-refractivity contribution in [3.8, 4) is 0 Å². The summed E-state index contributed by atoms with van der Waals surface area (Å²) < 4.78 is 2.21. The highest BCUT2D eigenvalue weighted by Gasteiger charge is 2.16. The monoisotopic (exact) mass is 260 g/mol. The molecule has 2 heterocycles. The molecule has 0 spiro atoms. The molecule has 0 bridgehead atoms. The van der Waals surface area contributed by atoms with E-state index in [4.69, 9.17) is 10.7 Å². The average molecular weight is 260 g/mol. The zero-order chi connectivity index (χ0) is 13.8. The van der Waals surface area contributed by atoms with Crippen molar-refractivity contribution in [2.24, 2.45) is 17.6 Å². The van der Waals surface area contributed by atoms with Crippen molar-refractivity contribution < 1.29 is 0 Å². The minimum atomic E-state index is 0.502. The molecule has 0 fully saturated rings. The summed E-state index contributed by atoms with van der Waals surface area (Å²) >= 11 is 0. The van der Waals surface area contributed by atoms with Gasteiger partial charge in [-0.1, -0.05) is 13.8 Å². The zero-order valence-corrected chi connectivity index (χ0v) is 12.1. The van der Waals surface area contributed by atoms with Crippen LogP contribution in [0.2, 0.25) is 0 Å². The molecule has 0 aliphatic heterocycles. The van der Waals surface area contributed by atoms with Gasteiger partial charge in [0.25, 0.3) is 0 Å². The number of rotatable bonds is 6. The second-order valence-electron chi connectivity index (χ2n) is 5.55. The first-order valence-electron chi connectivity index (χ1n) is 7.15. The Bertz CT molecular complexity index is 530. The topological polar surface area (TPSA) is 56.7 Å². The van der Waals surface area contributed by atoms with Gasteiger partial charge in [-0.15, -0.1) is 0 Å². The lowest BCUT2D eigenvalue weighted by Crippen LogP contribution is -2.20. The van der Waals surface area contributed by atoms with Crippen LogP contribution in [0.3, 0.4) is 0 Å². The van der Waals surface area contributed by atoms with E-state index < -0.39 is 0 Å². The predicted molar refractivity (Wildman–Crippen MR) is 78.9 cm³/mol. The Hall–Kier alpha value is -1.42. The van der Waals surface area contributed by atoms with Crippen LogP contribution in [0.5, 0.6) is 0 Å². The Kier molecular flexibility index (Phi) is 4.53. The molecule has 0 saturated carbocycles. The van der Waals surface area contributed by atoms with Gasteiger partial charge in [0.2, 0.25) is 0 Å². The zero-order valence-electron chi connectivity index (χ0n) is 12.1. The van der Waals surface area contributed by atoms with Crippen molar-refractivity contribution in [1.82, 2.24) is 14.5 Å². The molecule has 0 aromatic carbocycles. The normalized spacial score (nSPS) is 13.3. The lowest BCUT2D eigenvalue weighted by atomic mass is 9.94. The quantitative estimate of drug-likeness (QED) is 0.868. The number of nitrogens with zero attached hydrogens (tertiary/aromatic N) is 3. The summed E-state index contributed by atoms with van der Waals surface area (Å²) in [6, 6.07) is 3.96. The van der Waals surface area contributed by atoms with Crippen molar-refractivity contribution in [2.45, 2.75) is 40.2 Å². The number of nitrogens with two attached hydrogens (primary N) is 1. The Balaban J connectivity index is 2.28. The molecule has 4 nitrogen and oxygen atoms in total. The van der Waals surface area contributed by atoms with Crippen LogP contribution in [0.15, 0.2) is 18.3 Å². The van der Waals surface area contributed by atoms with Gasteiger partial charge in [-0.05, 0) is 43.9 Å². The van der Waals surface area contributed by atoms with Crippen LogP contribution in [-0.4, -0.2) is 21.1 Å². The fourth-order valence-electron chi connectivity index (χ4n) is 2.68. The van der Waals surface area contributed by atoms with E-state index >= 15 is 0 Å². The Morgan fingerprint density at radius 3 is 2.79 bits per heavy atom. The lowest BCUT2D eigenvalue weighted by Gasteiger charge is -2.17. The van der Waals surface area contributed by atoms with Gasteiger partial charge in [0.15, 0.2) is 5.65 Å². The number of fused-ring (bicyclic) bond motifs is 1. The van der Waals surface area contributed by atoms with Gasteiger partial charge in [-0.3, -0.25) is 0 Å². The first-order valence-corrected chi connectivity index (χ1v) is 7.15. The summed E-state index contributed by atoms with van der Waals surface area (Å²) in [6.07, 6.45) is 3.92. The Morgan fingerprint density at radius 2 is 2.16 bits per heavy atom. The maximum Gasteiger partial charge on any atom is 0.159 e. The van der Waals surface area contributed by atoms with Crippen molar-refractivity contribution >= 4 is 11.2 Å². The molecule has 2 N–H and O–H groups in total. The first-order chi connectivity index (χ1) is 9.15. The van der Waals surface area contributed by atoms with Crippen molar-refractivity contribution in [1.29, 1.82) is 0 Å². The van der Waals surface area contributed by atoms with E-state index in [1.807, 2.05) is 18.3 Å². The summed E-state index contributed by atoms with van der Waals surface area (Å²) in [5.74, 6) is 2.29. The van der Waals surface area contributed by atoms with Crippen LogP contribution in [0.25, 0.3) is 11.2 Å². The van der Waals surface area contributed by atoms with E-state index in [9.17, 15) is 0 Å². The fourth-order valence-corrected chi connectivity index (χ4v) is 2.68. The van der Waals surface area contributed by atoms with Crippen LogP contribution in [-0.2, 0) is 13.0 Å². The van der Waals surface area contributed by atoms with Gasteiger partial charge in [0.05, 0.1) is 0 Å². The predicted octanol–water partition coefficient (Wildman–Crippen LogP) is 2.61. The molecule has 0 saturated heterocycles. The number of aromatic nitrogens is 3. The highest BCUT2D eigenvalue weighted by atomic mass is 15.1. The van der Waals surface area contributed by atoms with Gasteiger partial charge in [0.1, 0.15) is 11.3 Å². The number of hydrogen-bond acceptors (Lipinski definition) is 3. The molecular formula is C15H24N4. The van der Waals surface area contributed by atoms with E-state index in [-0.39, 0.29) is 0 Å². The minimum absolute atomic E-state index is 0.502. The van der Waals surface area contributed by atoms with Crippen LogP contribution >= 0.6 is 0 Å². The lowest BCUT2D eigenvalue weighted by molar-refractivity contribution is 0.404. The molecule has 1 atom stereocenters. The SMILES string of the molecule is CCn1c(CC(CN)CC(C)C)nc2cccnc21. The molecular weight excluding hydrogens is 236 g/mol. The summed E-state index contributed by atoms with van der Waals surface area (Å²) in [4.78, 5) is 9.16. The highest BCUT2D eigenvalue weighted by Crippen LogP contribution is 2.19. The van der Waals surface area contributed by atoms with Crippen molar-refractivity contribution in [3.63, 3.8) is 0 Å². The number of pyridine rings is 1. The largest absolute Gasteiger partial charge is 0.330 e. The Labute approximate surface area is 115 Å². The third kappa shape index (κ3) is 3.13. The third-order valence-corrected chi connectivity index (χ3v) is 3.51. The second kappa shape index (κ2) is 6.15. The van der Waals surface area contributed by atoms with Crippen LogP contribution in [0.4, 0.5) is 0 Å². The highest BCUT2D eigenvalue weighted by molar-refractivity contribution is 5.71. The number of imidazole rings is 1. The van der Waals surface area contributed by atoms with Gasteiger partial charge in [-0.25, -0.2) is 9.97 Å². The summed E-state index contributed by atoms with van der Waals surface area (Å²) in [5, 5.41) is 0. The van der Waals surface area contributed by atoms with Crippen molar-refractivity contribution in [3.05, 3.63) is 24.2 Å². The summed E-state index contributed by atoms with van der Waals surface area (Å²) in [6.45, 7) is 8.25. The molecule has 104 valence electrons. The van der Waals surface area contributed by atoms with Gasteiger partial charge in [-0.2, -0.15) is 0 Å². The second-order valence-corrected chi connectivity index (χ2v) is 5.55. The minimum Gasteiger partial charge on any atom is -0.330 e. The molecule has 4 heteroatoms. The molecule has 0 radical (unpaired) electrons.